The summed E-state index contributed by atoms with van der Waals surface area (Å²) in [7, 11) is 0. The lowest BCUT2D eigenvalue weighted by Gasteiger charge is -2.03. The zero-order chi connectivity index (χ0) is 12.7. The monoisotopic (exact) mass is 241 g/mol. The Bertz CT molecular complexity index is 729. The molecule has 18 heavy (non-hydrogen) atoms. The maximum atomic E-state index is 5.99. The van der Waals surface area contributed by atoms with Gasteiger partial charge >= 0.3 is 0 Å². The van der Waals surface area contributed by atoms with Gasteiger partial charge < -0.3 is 5.73 Å². The number of nitrogens with two attached hydrogens (primary N) is 1. The summed E-state index contributed by atoms with van der Waals surface area (Å²) >= 11 is 0. The fourth-order valence-electron chi connectivity index (χ4n) is 2.43. The molecule has 2 N–H and O–H groups in total. The molecule has 3 aromatic rings. The second-order valence-electron chi connectivity index (χ2n) is 4.21. The average Bonchev–Trinajstić information content (AvgIpc) is 2.78. The highest BCUT2D eigenvalue weighted by Crippen LogP contribution is 2.29. The number of anilines is 1. The normalized spacial score (nSPS) is 11.4. The molecular formula is C13H15N5. The second kappa shape index (κ2) is 3.94. The number of hydrogen-bond donors (Lipinski definition) is 1. The molecule has 0 aliphatic heterocycles. The quantitative estimate of drug-likeness (QED) is 0.746. The van der Waals surface area contributed by atoms with E-state index < -0.39 is 0 Å². The molecule has 0 aliphatic rings. The first-order chi connectivity index (χ1) is 8.76. The largest absolute Gasteiger partial charge is 0.382 e. The standard InChI is InChI=1S/C13H15N5/c1-3-9-10-8-6-5-7-15-13(8)16-12(14)11(10)17-18(9)4-2/h5-7H,3-4H2,1-2H3,(H2,14,15,16). The van der Waals surface area contributed by atoms with Crippen molar-refractivity contribution in [2.45, 2.75) is 26.8 Å². The summed E-state index contributed by atoms with van der Waals surface area (Å²) in [5.41, 5.74) is 8.66. The fraction of sp³-hybridized carbons (Fsp3) is 0.308. The molecule has 0 aliphatic carbocycles. The molecule has 3 heterocycles. The molecule has 0 bridgehead atoms. The highest BCUT2D eigenvalue weighted by molar-refractivity contribution is 6.08. The molecule has 0 amide bonds. The molecule has 3 rings (SSSR count). The number of nitrogen functional groups attached to an aromatic ring is 1. The van der Waals surface area contributed by atoms with Crippen LogP contribution in [0.3, 0.4) is 0 Å². The third-order valence-corrected chi connectivity index (χ3v) is 3.22. The van der Waals surface area contributed by atoms with Crippen LogP contribution in [-0.4, -0.2) is 19.7 Å². The van der Waals surface area contributed by atoms with E-state index in [4.69, 9.17) is 5.73 Å². The SMILES string of the molecule is CCc1c2c(nn1CC)c(N)nc1ncccc12. The maximum absolute atomic E-state index is 5.99. The molecular weight excluding hydrogens is 226 g/mol. The zero-order valence-electron chi connectivity index (χ0n) is 10.5. The Morgan fingerprint density at radius 3 is 2.89 bits per heavy atom. The van der Waals surface area contributed by atoms with Crippen molar-refractivity contribution in [2.24, 2.45) is 0 Å². The van der Waals surface area contributed by atoms with Crippen molar-refractivity contribution in [3.63, 3.8) is 0 Å². The summed E-state index contributed by atoms with van der Waals surface area (Å²) in [5, 5.41) is 6.67. The van der Waals surface area contributed by atoms with Crippen LogP contribution in [0.1, 0.15) is 19.5 Å². The van der Waals surface area contributed by atoms with Gasteiger partial charge in [0.1, 0.15) is 5.52 Å². The summed E-state index contributed by atoms with van der Waals surface area (Å²) in [6, 6.07) is 3.94. The summed E-state index contributed by atoms with van der Waals surface area (Å²) in [6.45, 7) is 5.04. The maximum Gasteiger partial charge on any atom is 0.162 e. The van der Waals surface area contributed by atoms with Gasteiger partial charge in [-0.2, -0.15) is 5.10 Å². The van der Waals surface area contributed by atoms with E-state index >= 15 is 0 Å². The number of aromatic nitrogens is 4. The van der Waals surface area contributed by atoms with E-state index in [0.717, 1.165) is 29.3 Å². The van der Waals surface area contributed by atoms with Crippen LogP contribution in [0.15, 0.2) is 18.3 Å². The number of hydrogen-bond acceptors (Lipinski definition) is 4. The van der Waals surface area contributed by atoms with Gasteiger partial charge in [0.15, 0.2) is 11.5 Å². The van der Waals surface area contributed by atoms with E-state index in [1.165, 1.54) is 5.69 Å². The Kier molecular flexibility index (Phi) is 2.40. The minimum Gasteiger partial charge on any atom is -0.382 e. The Balaban J connectivity index is 2.56. The van der Waals surface area contributed by atoms with Gasteiger partial charge in [-0.3, -0.25) is 4.68 Å². The third-order valence-electron chi connectivity index (χ3n) is 3.22. The van der Waals surface area contributed by atoms with Crippen molar-refractivity contribution in [1.29, 1.82) is 0 Å². The molecule has 5 heteroatoms. The minimum absolute atomic E-state index is 0.457. The Morgan fingerprint density at radius 2 is 2.17 bits per heavy atom. The number of fused-ring (bicyclic) bond motifs is 3. The van der Waals surface area contributed by atoms with Gasteiger partial charge in [-0.05, 0) is 25.5 Å². The van der Waals surface area contributed by atoms with Crippen LogP contribution in [0.2, 0.25) is 0 Å². The van der Waals surface area contributed by atoms with Crippen LogP contribution in [0.5, 0.6) is 0 Å². The summed E-state index contributed by atoms with van der Waals surface area (Å²) in [6.07, 6.45) is 2.65. The lowest BCUT2D eigenvalue weighted by Crippen LogP contribution is -2.01. The van der Waals surface area contributed by atoms with Crippen LogP contribution in [0.4, 0.5) is 5.82 Å². The van der Waals surface area contributed by atoms with E-state index in [9.17, 15) is 0 Å². The minimum atomic E-state index is 0.457. The second-order valence-corrected chi connectivity index (χ2v) is 4.21. The van der Waals surface area contributed by atoms with Crippen LogP contribution in [0, 0.1) is 0 Å². The van der Waals surface area contributed by atoms with E-state index in [1.54, 1.807) is 6.20 Å². The third kappa shape index (κ3) is 1.37. The smallest absolute Gasteiger partial charge is 0.162 e. The van der Waals surface area contributed by atoms with Crippen LogP contribution in [-0.2, 0) is 13.0 Å². The van der Waals surface area contributed by atoms with Gasteiger partial charge in [0, 0.05) is 29.2 Å². The van der Waals surface area contributed by atoms with Crippen molar-refractivity contribution in [1.82, 2.24) is 19.7 Å². The topological polar surface area (TPSA) is 69.6 Å². The molecule has 0 fully saturated rings. The predicted molar refractivity (Wildman–Crippen MR) is 72.3 cm³/mol. The van der Waals surface area contributed by atoms with Crippen LogP contribution < -0.4 is 5.73 Å². The number of pyridine rings is 2. The molecule has 0 atom stereocenters. The van der Waals surface area contributed by atoms with Crippen molar-refractivity contribution in [3.05, 3.63) is 24.0 Å². The molecule has 0 aromatic carbocycles. The summed E-state index contributed by atoms with van der Waals surface area (Å²) < 4.78 is 2.00. The highest BCUT2D eigenvalue weighted by atomic mass is 15.3. The predicted octanol–water partition coefficient (Wildman–Crippen LogP) is 2.14. The van der Waals surface area contributed by atoms with Crippen molar-refractivity contribution in [2.75, 3.05) is 5.73 Å². The zero-order valence-corrected chi connectivity index (χ0v) is 10.5. The lowest BCUT2D eigenvalue weighted by atomic mass is 10.1. The van der Waals surface area contributed by atoms with Crippen LogP contribution in [0.25, 0.3) is 21.9 Å². The lowest BCUT2D eigenvalue weighted by molar-refractivity contribution is 0.634. The fourth-order valence-corrected chi connectivity index (χ4v) is 2.43. The Hall–Kier alpha value is -2.17. The van der Waals surface area contributed by atoms with Gasteiger partial charge in [0.25, 0.3) is 0 Å². The van der Waals surface area contributed by atoms with Gasteiger partial charge in [-0.1, -0.05) is 6.92 Å². The first-order valence-electron chi connectivity index (χ1n) is 6.15. The van der Waals surface area contributed by atoms with E-state index in [2.05, 4.69) is 28.9 Å². The molecule has 3 aromatic heterocycles. The van der Waals surface area contributed by atoms with Crippen LogP contribution >= 0.6 is 0 Å². The molecule has 0 saturated heterocycles. The molecule has 92 valence electrons. The van der Waals surface area contributed by atoms with Crippen molar-refractivity contribution < 1.29 is 0 Å². The molecule has 0 unspecified atom stereocenters. The van der Waals surface area contributed by atoms with Gasteiger partial charge in [0.2, 0.25) is 0 Å². The first kappa shape index (κ1) is 11.0. The van der Waals surface area contributed by atoms with E-state index in [-0.39, 0.29) is 0 Å². The summed E-state index contributed by atoms with van der Waals surface area (Å²) in [4.78, 5) is 8.59. The van der Waals surface area contributed by atoms with E-state index in [0.29, 0.717) is 11.5 Å². The van der Waals surface area contributed by atoms with Crippen molar-refractivity contribution >= 4 is 27.8 Å². The molecule has 0 radical (unpaired) electrons. The average molecular weight is 241 g/mol. The molecule has 5 nitrogen and oxygen atoms in total. The Labute approximate surface area is 105 Å². The number of aryl methyl sites for hydroxylation is 2. The highest BCUT2D eigenvalue weighted by Gasteiger charge is 2.15. The Morgan fingerprint density at radius 1 is 1.33 bits per heavy atom. The van der Waals surface area contributed by atoms with E-state index in [1.807, 2.05) is 16.8 Å². The van der Waals surface area contributed by atoms with Gasteiger partial charge in [0.05, 0.1) is 0 Å². The van der Waals surface area contributed by atoms with Gasteiger partial charge in [-0.25, -0.2) is 9.97 Å². The molecule has 0 saturated carbocycles. The first-order valence-corrected chi connectivity index (χ1v) is 6.15. The molecule has 0 spiro atoms. The number of nitrogens with zero attached hydrogens (tertiary/aromatic N) is 4. The van der Waals surface area contributed by atoms with Crippen molar-refractivity contribution in [3.8, 4) is 0 Å². The van der Waals surface area contributed by atoms with Gasteiger partial charge in [-0.15, -0.1) is 0 Å². The number of rotatable bonds is 2. The summed E-state index contributed by atoms with van der Waals surface area (Å²) in [5.74, 6) is 0.457.